The van der Waals surface area contributed by atoms with Gasteiger partial charge in [-0.15, -0.1) is 0 Å². The predicted octanol–water partition coefficient (Wildman–Crippen LogP) is 1.93. The zero-order valence-electron chi connectivity index (χ0n) is 11.3. The highest BCUT2D eigenvalue weighted by molar-refractivity contribution is 6.08. The molecule has 0 saturated carbocycles. The molecule has 1 fully saturated rings. The summed E-state index contributed by atoms with van der Waals surface area (Å²) in [5, 5.41) is 4.71. The number of amides is 3. The molecule has 0 spiro atoms. The molecule has 3 rings (SSSR count). The lowest BCUT2D eigenvalue weighted by molar-refractivity contribution is -0.141. The van der Waals surface area contributed by atoms with Crippen molar-refractivity contribution in [2.24, 2.45) is 0 Å². The van der Waals surface area contributed by atoms with Gasteiger partial charge in [0.05, 0.1) is 0 Å². The average Bonchev–Trinajstić information content (AvgIpc) is 2.79. The molecule has 0 atom stereocenters. The smallest absolute Gasteiger partial charge is 0.244 e. The molecule has 2 aromatic carbocycles. The van der Waals surface area contributed by atoms with Crippen molar-refractivity contribution in [2.75, 3.05) is 11.9 Å². The van der Waals surface area contributed by atoms with Crippen LogP contribution in [0.15, 0.2) is 42.5 Å². The van der Waals surface area contributed by atoms with E-state index in [-0.39, 0.29) is 37.1 Å². The lowest BCUT2D eigenvalue weighted by atomic mass is 10.1. The first-order chi connectivity index (χ1) is 10.1. The Morgan fingerprint density at radius 3 is 2.43 bits per heavy atom. The van der Waals surface area contributed by atoms with Gasteiger partial charge in [0, 0.05) is 23.9 Å². The molecule has 1 heterocycles. The van der Waals surface area contributed by atoms with Crippen molar-refractivity contribution >= 4 is 34.2 Å². The number of carbonyl (C=O) groups excluding carboxylic acids is 3. The zero-order valence-corrected chi connectivity index (χ0v) is 11.3. The summed E-state index contributed by atoms with van der Waals surface area (Å²) < 4.78 is 0. The summed E-state index contributed by atoms with van der Waals surface area (Å²) in [6.45, 7) is -0.221. The van der Waals surface area contributed by atoms with Gasteiger partial charge >= 0.3 is 0 Å². The van der Waals surface area contributed by atoms with Gasteiger partial charge in [-0.2, -0.15) is 0 Å². The summed E-state index contributed by atoms with van der Waals surface area (Å²) >= 11 is 0. The van der Waals surface area contributed by atoms with Crippen LogP contribution in [0.5, 0.6) is 0 Å². The van der Waals surface area contributed by atoms with Crippen LogP contribution in [0.25, 0.3) is 10.8 Å². The van der Waals surface area contributed by atoms with Gasteiger partial charge in [-0.05, 0) is 11.5 Å². The van der Waals surface area contributed by atoms with Gasteiger partial charge in [-0.1, -0.05) is 36.4 Å². The number of imide groups is 1. The number of hydrogen-bond donors (Lipinski definition) is 1. The fraction of sp³-hybridized carbons (Fsp3) is 0.188. The van der Waals surface area contributed by atoms with Crippen molar-refractivity contribution < 1.29 is 14.4 Å². The van der Waals surface area contributed by atoms with E-state index in [1.54, 1.807) is 6.07 Å². The molecule has 3 amide bonds. The fourth-order valence-electron chi connectivity index (χ4n) is 2.47. The second-order valence-electron chi connectivity index (χ2n) is 4.95. The number of nitrogens with one attached hydrogen (secondary N) is 1. The molecule has 0 unspecified atom stereocenters. The van der Waals surface area contributed by atoms with Crippen LogP contribution in [-0.2, 0) is 14.4 Å². The van der Waals surface area contributed by atoms with Gasteiger partial charge in [0.15, 0.2) is 0 Å². The highest BCUT2D eigenvalue weighted by Gasteiger charge is 2.30. The maximum atomic E-state index is 12.0. The normalized spacial score (nSPS) is 14.8. The molecule has 1 aliphatic rings. The quantitative estimate of drug-likeness (QED) is 0.875. The lowest BCUT2D eigenvalue weighted by Crippen LogP contribution is -2.36. The summed E-state index contributed by atoms with van der Waals surface area (Å²) in [5.41, 5.74) is 0.678. The van der Waals surface area contributed by atoms with Crippen molar-refractivity contribution in [3.8, 4) is 0 Å². The first-order valence-electron chi connectivity index (χ1n) is 6.76. The summed E-state index contributed by atoms with van der Waals surface area (Å²) in [7, 11) is 0. The monoisotopic (exact) mass is 282 g/mol. The highest BCUT2D eigenvalue weighted by atomic mass is 16.2. The third-order valence-corrected chi connectivity index (χ3v) is 3.52. The van der Waals surface area contributed by atoms with Crippen LogP contribution < -0.4 is 5.32 Å². The van der Waals surface area contributed by atoms with Crippen LogP contribution >= 0.6 is 0 Å². The van der Waals surface area contributed by atoms with Gasteiger partial charge in [-0.25, -0.2) is 0 Å². The molecule has 2 aromatic rings. The molecule has 1 N–H and O–H groups in total. The number of carbonyl (C=O) groups is 3. The number of nitrogens with zero attached hydrogens (tertiary/aromatic N) is 1. The highest BCUT2D eigenvalue weighted by Crippen LogP contribution is 2.23. The van der Waals surface area contributed by atoms with Crippen LogP contribution in [0, 0.1) is 0 Å². The summed E-state index contributed by atoms with van der Waals surface area (Å²) in [5.74, 6) is -0.934. The Kier molecular flexibility index (Phi) is 3.39. The third-order valence-electron chi connectivity index (χ3n) is 3.52. The molecule has 1 aliphatic heterocycles. The van der Waals surface area contributed by atoms with Crippen molar-refractivity contribution in [1.29, 1.82) is 0 Å². The van der Waals surface area contributed by atoms with Crippen LogP contribution in [0.4, 0.5) is 5.69 Å². The number of likely N-dealkylation sites (tertiary alicyclic amines) is 1. The standard InChI is InChI=1S/C16H14N2O3/c19-14(10-18-15(20)8-9-16(18)21)17-13-7-3-5-11-4-1-2-6-12(11)13/h1-7H,8-10H2,(H,17,19). The number of hydrogen-bond acceptors (Lipinski definition) is 3. The number of rotatable bonds is 3. The summed E-state index contributed by atoms with van der Waals surface area (Å²) in [6.07, 6.45) is 0.390. The predicted molar refractivity (Wildman–Crippen MR) is 78.5 cm³/mol. The summed E-state index contributed by atoms with van der Waals surface area (Å²) in [4.78, 5) is 36.1. The molecule has 0 aliphatic carbocycles. The molecule has 5 heteroatoms. The maximum absolute atomic E-state index is 12.0. The molecule has 106 valence electrons. The van der Waals surface area contributed by atoms with Gasteiger partial charge in [0.25, 0.3) is 0 Å². The van der Waals surface area contributed by atoms with E-state index >= 15 is 0 Å². The number of anilines is 1. The van der Waals surface area contributed by atoms with E-state index in [0.29, 0.717) is 5.69 Å². The average molecular weight is 282 g/mol. The third kappa shape index (κ3) is 2.63. The zero-order chi connectivity index (χ0) is 14.8. The Morgan fingerprint density at radius 2 is 1.67 bits per heavy atom. The van der Waals surface area contributed by atoms with Crippen molar-refractivity contribution in [1.82, 2.24) is 4.90 Å². The first kappa shape index (κ1) is 13.3. The molecule has 0 bridgehead atoms. The summed E-state index contributed by atoms with van der Waals surface area (Å²) in [6, 6.07) is 13.3. The first-order valence-corrected chi connectivity index (χ1v) is 6.76. The second-order valence-corrected chi connectivity index (χ2v) is 4.95. The van der Waals surface area contributed by atoms with Crippen LogP contribution in [-0.4, -0.2) is 29.2 Å². The van der Waals surface area contributed by atoms with E-state index in [2.05, 4.69) is 5.32 Å². The Bertz CT molecular complexity index is 718. The van der Waals surface area contributed by atoms with Gasteiger partial charge in [-0.3, -0.25) is 19.3 Å². The van der Waals surface area contributed by atoms with E-state index in [1.807, 2.05) is 36.4 Å². The topological polar surface area (TPSA) is 66.5 Å². The van der Waals surface area contributed by atoms with Crippen molar-refractivity contribution in [3.63, 3.8) is 0 Å². The van der Waals surface area contributed by atoms with Crippen LogP contribution in [0.1, 0.15) is 12.8 Å². The van der Waals surface area contributed by atoms with E-state index in [9.17, 15) is 14.4 Å². The Balaban J connectivity index is 1.78. The van der Waals surface area contributed by atoms with E-state index < -0.39 is 0 Å². The van der Waals surface area contributed by atoms with Gasteiger partial charge in [0.2, 0.25) is 17.7 Å². The van der Waals surface area contributed by atoms with Gasteiger partial charge in [0.1, 0.15) is 6.54 Å². The van der Waals surface area contributed by atoms with E-state index in [1.165, 1.54) is 0 Å². The second kappa shape index (κ2) is 5.36. The van der Waals surface area contributed by atoms with Crippen molar-refractivity contribution in [2.45, 2.75) is 12.8 Å². The minimum atomic E-state index is -0.366. The Labute approximate surface area is 121 Å². The van der Waals surface area contributed by atoms with Crippen LogP contribution in [0.2, 0.25) is 0 Å². The maximum Gasteiger partial charge on any atom is 0.244 e. The van der Waals surface area contributed by atoms with Crippen molar-refractivity contribution in [3.05, 3.63) is 42.5 Å². The molecule has 0 aromatic heterocycles. The Morgan fingerprint density at radius 1 is 1.00 bits per heavy atom. The number of benzene rings is 2. The molecular formula is C16H14N2O3. The van der Waals surface area contributed by atoms with E-state index in [0.717, 1.165) is 15.7 Å². The largest absolute Gasteiger partial charge is 0.324 e. The molecule has 21 heavy (non-hydrogen) atoms. The molecule has 1 saturated heterocycles. The minimum absolute atomic E-state index is 0.195. The SMILES string of the molecule is O=C(CN1C(=O)CCC1=O)Nc1cccc2ccccc12. The lowest BCUT2D eigenvalue weighted by Gasteiger charge is -2.14. The van der Waals surface area contributed by atoms with Crippen LogP contribution in [0.3, 0.4) is 0 Å². The number of fused-ring (bicyclic) bond motifs is 1. The molecule has 5 nitrogen and oxygen atoms in total. The molecule has 0 radical (unpaired) electrons. The van der Waals surface area contributed by atoms with Gasteiger partial charge < -0.3 is 5.32 Å². The molecular weight excluding hydrogens is 268 g/mol. The van der Waals surface area contributed by atoms with E-state index in [4.69, 9.17) is 0 Å². The fourth-order valence-corrected chi connectivity index (χ4v) is 2.47. The Hall–Kier alpha value is -2.69. The minimum Gasteiger partial charge on any atom is -0.324 e.